The average molecular weight is 268 g/mol. The molecular formula is C14H24N2O3. The molecule has 2 amide bonds. The van der Waals surface area contributed by atoms with Crippen molar-refractivity contribution in [2.75, 3.05) is 6.54 Å². The number of carboxylic acids is 1. The Kier molecular flexibility index (Phi) is 4.32. The Balaban J connectivity index is 1.71. The van der Waals surface area contributed by atoms with Crippen LogP contribution >= 0.6 is 0 Å². The van der Waals surface area contributed by atoms with Crippen molar-refractivity contribution in [2.24, 2.45) is 11.3 Å². The standard InChI is InChI=1S/C14H24N2O3/c1-2-10-4-3-5-11(8-10)16-13(19)15-9-14(6-7-14)12(17)18/h10-11H,2-9H2,1H3,(H,17,18)(H2,15,16,19). The van der Waals surface area contributed by atoms with Crippen LogP contribution in [0, 0.1) is 11.3 Å². The summed E-state index contributed by atoms with van der Waals surface area (Å²) in [5.74, 6) is -0.0793. The van der Waals surface area contributed by atoms with Gasteiger partial charge in [0.25, 0.3) is 0 Å². The number of nitrogens with one attached hydrogen (secondary N) is 2. The summed E-state index contributed by atoms with van der Waals surface area (Å²) in [6, 6.07) is 0.0351. The molecule has 0 saturated heterocycles. The van der Waals surface area contributed by atoms with E-state index in [-0.39, 0.29) is 18.6 Å². The topological polar surface area (TPSA) is 78.4 Å². The number of hydrogen-bond acceptors (Lipinski definition) is 2. The summed E-state index contributed by atoms with van der Waals surface area (Å²) in [6.07, 6.45) is 7.03. The molecule has 2 aliphatic carbocycles. The molecule has 5 heteroatoms. The minimum Gasteiger partial charge on any atom is -0.481 e. The van der Waals surface area contributed by atoms with Crippen LogP contribution in [-0.4, -0.2) is 29.7 Å². The van der Waals surface area contributed by atoms with Gasteiger partial charge in [-0.05, 0) is 31.6 Å². The number of carbonyl (C=O) groups is 2. The highest BCUT2D eigenvalue weighted by Gasteiger charge is 2.50. The van der Waals surface area contributed by atoms with E-state index in [2.05, 4.69) is 17.6 Å². The van der Waals surface area contributed by atoms with Gasteiger partial charge in [0.05, 0.1) is 5.41 Å². The van der Waals surface area contributed by atoms with Crippen molar-refractivity contribution >= 4 is 12.0 Å². The normalized spacial score (nSPS) is 28.5. The second-order valence-corrected chi connectivity index (χ2v) is 6.05. The number of urea groups is 1. The third-order valence-electron chi connectivity index (χ3n) is 4.59. The summed E-state index contributed by atoms with van der Waals surface area (Å²) in [6.45, 7) is 2.44. The molecular weight excluding hydrogens is 244 g/mol. The van der Waals surface area contributed by atoms with Gasteiger partial charge in [0.1, 0.15) is 0 Å². The predicted molar refractivity (Wildman–Crippen MR) is 71.9 cm³/mol. The van der Waals surface area contributed by atoms with Crippen molar-refractivity contribution in [3.63, 3.8) is 0 Å². The molecule has 2 saturated carbocycles. The zero-order chi connectivity index (χ0) is 13.9. The second-order valence-electron chi connectivity index (χ2n) is 6.05. The number of hydrogen-bond donors (Lipinski definition) is 3. The van der Waals surface area contributed by atoms with Crippen LogP contribution < -0.4 is 10.6 Å². The highest BCUT2D eigenvalue weighted by molar-refractivity contribution is 5.80. The Morgan fingerprint density at radius 2 is 2.05 bits per heavy atom. The molecule has 0 spiro atoms. The van der Waals surface area contributed by atoms with Crippen molar-refractivity contribution in [1.29, 1.82) is 0 Å². The lowest BCUT2D eigenvalue weighted by Crippen LogP contribution is -2.46. The van der Waals surface area contributed by atoms with Gasteiger partial charge in [0.15, 0.2) is 0 Å². The zero-order valence-electron chi connectivity index (χ0n) is 11.6. The van der Waals surface area contributed by atoms with Gasteiger partial charge in [-0.2, -0.15) is 0 Å². The van der Waals surface area contributed by atoms with Crippen LogP contribution in [0.3, 0.4) is 0 Å². The fraction of sp³-hybridized carbons (Fsp3) is 0.857. The largest absolute Gasteiger partial charge is 0.481 e. The summed E-state index contributed by atoms with van der Waals surface area (Å²) < 4.78 is 0. The van der Waals surface area contributed by atoms with Crippen LogP contribution in [0.1, 0.15) is 51.9 Å². The third kappa shape index (κ3) is 3.61. The van der Waals surface area contributed by atoms with Gasteiger partial charge in [0, 0.05) is 12.6 Å². The van der Waals surface area contributed by atoms with E-state index in [1.807, 2.05) is 0 Å². The van der Waals surface area contributed by atoms with E-state index >= 15 is 0 Å². The lowest BCUT2D eigenvalue weighted by molar-refractivity contribution is -0.143. The van der Waals surface area contributed by atoms with E-state index in [0.29, 0.717) is 18.8 Å². The molecule has 0 bridgehead atoms. The Bertz CT molecular complexity index is 353. The molecule has 0 aliphatic heterocycles. The van der Waals surface area contributed by atoms with Crippen LogP contribution in [0.5, 0.6) is 0 Å². The van der Waals surface area contributed by atoms with E-state index in [1.54, 1.807) is 0 Å². The Morgan fingerprint density at radius 3 is 2.63 bits per heavy atom. The summed E-state index contributed by atoms with van der Waals surface area (Å²) in [7, 11) is 0. The molecule has 0 aromatic rings. The SMILES string of the molecule is CCC1CCCC(NC(=O)NCC2(C(=O)O)CC2)C1. The molecule has 0 aromatic carbocycles. The molecule has 0 heterocycles. The van der Waals surface area contributed by atoms with Gasteiger partial charge in [-0.15, -0.1) is 0 Å². The van der Waals surface area contributed by atoms with Gasteiger partial charge in [-0.25, -0.2) is 4.79 Å². The third-order valence-corrected chi connectivity index (χ3v) is 4.59. The van der Waals surface area contributed by atoms with E-state index in [1.165, 1.54) is 19.3 Å². The number of rotatable bonds is 5. The summed E-state index contributed by atoms with van der Waals surface area (Å²) >= 11 is 0. The number of amides is 2. The van der Waals surface area contributed by atoms with Crippen LogP contribution in [0.15, 0.2) is 0 Å². The van der Waals surface area contributed by atoms with Gasteiger partial charge in [-0.3, -0.25) is 4.79 Å². The Hall–Kier alpha value is -1.26. The van der Waals surface area contributed by atoms with Gasteiger partial charge in [-0.1, -0.05) is 26.2 Å². The molecule has 2 fully saturated rings. The van der Waals surface area contributed by atoms with Crippen molar-refractivity contribution < 1.29 is 14.7 Å². The molecule has 2 rings (SSSR count). The summed E-state index contributed by atoms with van der Waals surface area (Å²) in [5, 5.41) is 14.7. The first-order valence-corrected chi connectivity index (χ1v) is 7.33. The van der Waals surface area contributed by atoms with Crippen molar-refractivity contribution in [1.82, 2.24) is 10.6 Å². The van der Waals surface area contributed by atoms with Crippen LogP contribution in [-0.2, 0) is 4.79 Å². The molecule has 2 unspecified atom stereocenters. The minimum absolute atomic E-state index is 0.214. The highest BCUT2D eigenvalue weighted by atomic mass is 16.4. The molecule has 19 heavy (non-hydrogen) atoms. The number of aliphatic carboxylic acids is 1. The molecule has 2 atom stereocenters. The van der Waals surface area contributed by atoms with Crippen molar-refractivity contribution in [3.05, 3.63) is 0 Å². The van der Waals surface area contributed by atoms with Gasteiger partial charge >= 0.3 is 12.0 Å². The van der Waals surface area contributed by atoms with Crippen molar-refractivity contribution in [3.8, 4) is 0 Å². The maximum absolute atomic E-state index is 11.8. The first kappa shape index (κ1) is 14.2. The fourth-order valence-electron chi connectivity index (χ4n) is 2.90. The lowest BCUT2D eigenvalue weighted by atomic mass is 9.84. The first-order valence-electron chi connectivity index (χ1n) is 7.33. The zero-order valence-corrected chi connectivity index (χ0v) is 11.6. The lowest BCUT2D eigenvalue weighted by Gasteiger charge is -2.29. The monoisotopic (exact) mass is 268 g/mol. The molecule has 2 aliphatic rings. The molecule has 0 aromatic heterocycles. The Labute approximate surface area is 114 Å². The van der Waals surface area contributed by atoms with Crippen LogP contribution in [0.2, 0.25) is 0 Å². The maximum atomic E-state index is 11.8. The van der Waals surface area contributed by atoms with Gasteiger partial charge in [0.2, 0.25) is 0 Å². The van der Waals surface area contributed by atoms with Gasteiger partial charge < -0.3 is 15.7 Å². The highest BCUT2D eigenvalue weighted by Crippen LogP contribution is 2.45. The molecule has 5 nitrogen and oxygen atoms in total. The quantitative estimate of drug-likeness (QED) is 0.714. The molecule has 108 valence electrons. The summed E-state index contributed by atoms with van der Waals surface area (Å²) in [5.41, 5.74) is -0.685. The van der Waals surface area contributed by atoms with E-state index in [4.69, 9.17) is 5.11 Å². The fourth-order valence-corrected chi connectivity index (χ4v) is 2.90. The molecule has 0 radical (unpaired) electrons. The van der Waals surface area contributed by atoms with E-state index in [0.717, 1.165) is 12.8 Å². The molecule has 3 N–H and O–H groups in total. The smallest absolute Gasteiger partial charge is 0.315 e. The van der Waals surface area contributed by atoms with Crippen molar-refractivity contribution in [2.45, 2.75) is 57.9 Å². The predicted octanol–water partition coefficient (Wildman–Crippen LogP) is 2.12. The first-order chi connectivity index (χ1) is 9.05. The Morgan fingerprint density at radius 1 is 1.32 bits per heavy atom. The number of carbonyl (C=O) groups excluding carboxylic acids is 1. The van der Waals surface area contributed by atoms with Crippen LogP contribution in [0.25, 0.3) is 0 Å². The minimum atomic E-state index is -0.795. The van der Waals surface area contributed by atoms with E-state index in [9.17, 15) is 9.59 Å². The summed E-state index contributed by atoms with van der Waals surface area (Å²) in [4.78, 5) is 22.8. The maximum Gasteiger partial charge on any atom is 0.315 e. The average Bonchev–Trinajstić information content (AvgIpc) is 3.18. The van der Waals surface area contributed by atoms with Crippen LogP contribution in [0.4, 0.5) is 4.79 Å². The second kappa shape index (κ2) is 5.80. The van der Waals surface area contributed by atoms with E-state index < -0.39 is 11.4 Å². The number of carboxylic acid groups (broad SMARTS) is 1.